The molecule has 3 rings (SSSR count). The van der Waals surface area contributed by atoms with Gasteiger partial charge in [0.25, 0.3) is 0 Å². The number of ether oxygens (including phenoxy) is 2. The van der Waals surface area contributed by atoms with E-state index in [4.69, 9.17) is 37.1 Å². The third-order valence-electron chi connectivity index (χ3n) is 3.56. The molecule has 134 valence electrons. The van der Waals surface area contributed by atoms with E-state index in [1.54, 1.807) is 43.3 Å². The van der Waals surface area contributed by atoms with Crippen molar-refractivity contribution < 1.29 is 18.7 Å². The lowest BCUT2D eigenvalue weighted by Crippen LogP contribution is -2.18. The minimum Gasteiger partial charge on any atom is -0.474 e. The molecule has 0 radical (unpaired) electrons. The van der Waals surface area contributed by atoms with Gasteiger partial charge in [0, 0.05) is 15.6 Å². The first-order chi connectivity index (χ1) is 12.5. The summed E-state index contributed by atoms with van der Waals surface area (Å²) in [7, 11) is 0. The van der Waals surface area contributed by atoms with E-state index >= 15 is 0 Å². The van der Waals surface area contributed by atoms with Gasteiger partial charge in [-0.1, -0.05) is 23.2 Å². The number of halogens is 2. The molecule has 0 unspecified atom stereocenters. The second kappa shape index (κ2) is 7.81. The number of hydrogen-bond acceptors (Lipinski definition) is 5. The van der Waals surface area contributed by atoms with Crippen LogP contribution in [0.25, 0.3) is 22.3 Å². The molecule has 26 heavy (non-hydrogen) atoms. The molecule has 0 N–H and O–H groups in total. The van der Waals surface area contributed by atoms with Gasteiger partial charge in [-0.25, -0.2) is 4.79 Å². The molecular weight excluding hydrogens is 379 g/mol. The Hall–Kier alpha value is -2.50. The van der Waals surface area contributed by atoms with Crippen molar-refractivity contribution in [3.05, 3.63) is 62.7 Å². The highest BCUT2D eigenvalue weighted by Gasteiger charge is 2.19. The third kappa shape index (κ3) is 3.84. The predicted octanol–water partition coefficient (Wildman–Crippen LogP) is 4.71. The van der Waals surface area contributed by atoms with Crippen molar-refractivity contribution in [2.75, 3.05) is 13.2 Å². The SMILES string of the molecule is CCOC(=O)COc1c(-c2ccc(Cl)cc2)oc2ccc(Cl)cc2c1=O. The van der Waals surface area contributed by atoms with Crippen LogP contribution in [0.1, 0.15) is 6.92 Å². The van der Waals surface area contributed by atoms with Crippen LogP contribution in [-0.2, 0) is 9.53 Å². The predicted molar refractivity (Wildman–Crippen MR) is 100 cm³/mol. The molecule has 1 aromatic heterocycles. The maximum absolute atomic E-state index is 12.9. The molecule has 1 heterocycles. The zero-order valence-corrected chi connectivity index (χ0v) is 15.3. The lowest BCUT2D eigenvalue weighted by atomic mass is 10.1. The van der Waals surface area contributed by atoms with Crippen LogP contribution in [0.5, 0.6) is 5.75 Å². The van der Waals surface area contributed by atoms with Crippen molar-refractivity contribution in [2.24, 2.45) is 0 Å². The first kappa shape index (κ1) is 18.3. The smallest absolute Gasteiger partial charge is 0.344 e. The Balaban J connectivity index is 2.15. The van der Waals surface area contributed by atoms with Gasteiger partial charge in [-0.2, -0.15) is 0 Å². The Labute approximate surface area is 159 Å². The fourth-order valence-electron chi connectivity index (χ4n) is 2.41. The fourth-order valence-corrected chi connectivity index (χ4v) is 2.70. The van der Waals surface area contributed by atoms with Gasteiger partial charge in [0.1, 0.15) is 5.58 Å². The number of esters is 1. The number of fused-ring (bicyclic) bond motifs is 1. The number of benzene rings is 2. The molecular formula is C19H14Cl2O5. The van der Waals surface area contributed by atoms with E-state index in [1.807, 2.05) is 0 Å². The first-order valence-corrected chi connectivity index (χ1v) is 8.56. The topological polar surface area (TPSA) is 65.7 Å². The lowest BCUT2D eigenvalue weighted by molar-refractivity contribution is -0.145. The molecule has 0 amide bonds. The van der Waals surface area contributed by atoms with Crippen molar-refractivity contribution >= 4 is 40.1 Å². The summed E-state index contributed by atoms with van der Waals surface area (Å²) in [5, 5.41) is 1.19. The van der Waals surface area contributed by atoms with Gasteiger partial charge in [0.2, 0.25) is 11.2 Å². The number of carbonyl (C=O) groups excluding carboxylic acids is 1. The molecule has 0 atom stereocenters. The maximum Gasteiger partial charge on any atom is 0.344 e. The molecule has 0 saturated heterocycles. The van der Waals surface area contributed by atoms with E-state index in [0.29, 0.717) is 21.2 Å². The second-order valence-electron chi connectivity index (χ2n) is 5.33. The maximum atomic E-state index is 12.9. The van der Waals surface area contributed by atoms with Crippen molar-refractivity contribution in [2.45, 2.75) is 6.92 Å². The Morgan fingerprint density at radius 3 is 2.46 bits per heavy atom. The van der Waals surface area contributed by atoms with Crippen LogP contribution in [0.3, 0.4) is 0 Å². The quantitative estimate of drug-likeness (QED) is 0.588. The van der Waals surface area contributed by atoms with Crippen molar-refractivity contribution in [1.82, 2.24) is 0 Å². The lowest BCUT2D eigenvalue weighted by Gasteiger charge is -2.11. The second-order valence-corrected chi connectivity index (χ2v) is 6.20. The summed E-state index contributed by atoms with van der Waals surface area (Å²) in [5.74, 6) is -0.471. The molecule has 0 bridgehead atoms. The zero-order valence-electron chi connectivity index (χ0n) is 13.8. The molecule has 2 aromatic carbocycles. The normalized spacial score (nSPS) is 10.7. The summed E-state index contributed by atoms with van der Waals surface area (Å²) >= 11 is 11.9. The number of hydrogen-bond donors (Lipinski definition) is 0. The summed E-state index contributed by atoms with van der Waals surface area (Å²) in [4.78, 5) is 24.5. The van der Waals surface area contributed by atoms with Crippen molar-refractivity contribution in [3.63, 3.8) is 0 Å². The van der Waals surface area contributed by atoms with Crippen molar-refractivity contribution in [3.8, 4) is 17.1 Å². The van der Waals surface area contributed by atoms with Gasteiger partial charge in [-0.3, -0.25) is 4.79 Å². The molecule has 7 heteroatoms. The summed E-state index contributed by atoms with van der Waals surface area (Å²) in [6.07, 6.45) is 0. The van der Waals surface area contributed by atoms with Gasteiger partial charge >= 0.3 is 5.97 Å². The van der Waals surface area contributed by atoms with Gasteiger partial charge in [-0.15, -0.1) is 0 Å². The third-order valence-corrected chi connectivity index (χ3v) is 4.04. The molecule has 0 aliphatic rings. The van der Waals surface area contributed by atoms with Gasteiger partial charge in [0.15, 0.2) is 12.4 Å². The van der Waals surface area contributed by atoms with Crippen LogP contribution >= 0.6 is 23.2 Å². The zero-order chi connectivity index (χ0) is 18.7. The van der Waals surface area contributed by atoms with E-state index in [1.165, 1.54) is 6.07 Å². The van der Waals surface area contributed by atoms with Crippen LogP contribution in [-0.4, -0.2) is 19.2 Å². The molecule has 0 spiro atoms. The van der Waals surface area contributed by atoms with E-state index in [-0.39, 0.29) is 23.5 Å². The summed E-state index contributed by atoms with van der Waals surface area (Å²) in [5.41, 5.74) is 0.512. The highest BCUT2D eigenvalue weighted by molar-refractivity contribution is 6.31. The van der Waals surface area contributed by atoms with Crippen LogP contribution < -0.4 is 10.2 Å². The average Bonchev–Trinajstić information content (AvgIpc) is 2.62. The van der Waals surface area contributed by atoms with Crippen LogP contribution in [0.2, 0.25) is 10.0 Å². The number of rotatable bonds is 5. The fraction of sp³-hybridized carbons (Fsp3) is 0.158. The van der Waals surface area contributed by atoms with E-state index in [9.17, 15) is 9.59 Å². The Morgan fingerprint density at radius 2 is 1.77 bits per heavy atom. The highest BCUT2D eigenvalue weighted by atomic mass is 35.5. The molecule has 0 aliphatic heterocycles. The van der Waals surface area contributed by atoms with Crippen LogP contribution in [0.15, 0.2) is 51.7 Å². The van der Waals surface area contributed by atoms with E-state index < -0.39 is 18.0 Å². The van der Waals surface area contributed by atoms with Crippen LogP contribution in [0.4, 0.5) is 0 Å². The monoisotopic (exact) mass is 392 g/mol. The average molecular weight is 393 g/mol. The minimum atomic E-state index is -0.583. The largest absolute Gasteiger partial charge is 0.474 e. The summed E-state index contributed by atoms with van der Waals surface area (Å²) in [6.45, 7) is 1.49. The standard InChI is InChI=1S/C19H14Cl2O5/c1-2-24-16(22)10-25-19-17(23)14-9-13(21)7-8-15(14)26-18(19)11-3-5-12(20)6-4-11/h3-9H,2,10H2,1H3. The van der Waals surface area contributed by atoms with Crippen molar-refractivity contribution in [1.29, 1.82) is 0 Å². The van der Waals surface area contributed by atoms with Crippen LogP contribution in [0, 0.1) is 0 Å². The summed E-state index contributed by atoms with van der Waals surface area (Å²) in [6, 6.07) is 11.4. The van der Waals surface area contributed by atoms with Gasteiger partial charge in [-0.05, 0) is 49.4 Å². The number of carbonyl (C=O) groups is 1. The van der Waals surface area contributed by atoms with Gasteiger partial charge < -0.3 is 13.9 Å². The molecule has 3 aromatic rings. The Kier molecular flexibility index (Phi) is 5.49. The van der Waals surface area contributed by atoms with Gasteiger partial charge in [0.05, 0.1) is 12.0 Å². The molecule has 0 fully saturated rings. The Bertz CT molecular complexity index is 1010. The van der Waals surface area contributed by atoms with E-state index in [0.717, 1.165) is 0 Å². The Morgan fingerprint density at radius 1 is 1.08 bits per heavy atom. The van der Waals surface area contributed by atoms with E-state index in [2.05, 4.69) is 0 Å². The minimum absolute atomic E-state index is 0.0878. The first-order valence-electron chi connectivity index (χ1n) is 7.80. The highest BCUT2D eigenvalue weighted by Crippen LogP contribution is 2.32. The molecule has 0 saturated carbocycles. The molecule has 5 nitrogen and oxygen atoms in total. The molecule has 0 aliphatic carbocycles. The summed E-state index contributed by atoms with van der Waals surface area (Å²) < 4.78 is 16.2.